The number of benzene rings is 2. The smallest absolute Gasteiger partial charge is 0.262 e. The first-order valence-corrected chi connectivity index (χ1v) is 7.52. The molecule has 0 heterocycles. The van der Waals surface area contributed by atoms with Gasteiger partial charge in [0.25, 0.3) is 5.91 Å². The lowest BCUT2D eigenvalue weighted by molar-refractivity contribution is -0.118. The predicted octanol–water partition coefficient (Wildman–Crippen LogP) is 3.84. The first kappa shape index (κ1) is 16.1. The van der Waals surface area contributed by atoms with Crippen molar-refractivity contribution in [3.05, 3.63) is 58.1 Å². The van der Waals surface area contributed by atoms with Crippen molar-refractivity contribution in [3.8, 4) is 11.8 Å². The van der Waals surface area contributed by atoms with Crippen LogP contribution in [-0.2, 0) is 11.2 Å². The summed E-state index contributed by atoms with van der Waals surface area (Å²) in [7, 11) is 0. The fourth-order valence-electron chi connectivity index (χ4n) is 1.90. The van der Waals surface area contributed by atoms with Crippen LogP contribution in [0.3, 0.4) is 0 Å². The Balaban J connectivity index is 1.88. The molecule has 0 aromatic heterocycles. The van der Waals surface area contributed by atoms with Gasteiger partial charge in [-0.3, -0.25) is 4.79 Å². The standard InChI is InChI=1S/C17H15BrN2O2/c1-12-10-14(18)4-7-16(12)20-17(21)11-22-15-5-2-13(3-6-15)8-9-19/h2-7,10H,8,11H2,1H3,(H,20,21). The highest BCUT2D eigenvalue weighted by Crippen LogP contribution is 2.20. The van der Waals surface area contributed by atoms with Crippen molar-refractivity contribution in [2.24, 2.45) is 0 Å². The number of aryl methyl sites for hydroxylation is 1. The first-order chi connectivity index (χ1) is 10.6. The molecule has 1 N–H and O–H groups in total. The minimum atomic E-state index is -0.216. The Kier molecular flexibility index (Phi) is 5.56. The SMILES string of the molecule is Cc1cc(Br)ccc1NC(=O)COc1ccc(CC#N)cc1. The number of nitrogens with zero attached hydrogens (tertiary/aromatic N) is 1. The predicted molar refractivity (Wildman–Crippen MR) is 88.8 cm³/mol. The molecular formula is C17H15BrN2O2. The summed E-state index contributed by atoms with van der Waals surface area (Å²) in [5, 5.41) is 11.4. The highest BCUT2D eigenvalue weighted by atomic mass is 79.9. The van der Waals surface area contributed by atoms with Crippen LogP contribution < -0.4 is 10.1 Å². The summed E-state index contributed by atoms with van der Waals surface area (Å²) in [5.41, 5.74) is 2.66. The third-order valence-electron chi connectivity index (χ3n) is 3.04. The van der Waals surface area contributed by atoms with Crippen LogP contribution in [0.5, 0.6) is 5.75 Å². The van der Waals surface area contributed by atoms with Gasteiger partial charge in [0.05, 0.1) is 12.5 Å². The third kappa shape index (κ3) is 4.61. The number of carbonyl (C=O) groups is 1. The van der Waals surface area contributed by atoms with Crippen LogP contribution in [0.25, 0.3) is 0 Å². The zero-order chi connectivity index (χ0) is 15.9. The summed E-state index contributed by atoms with van der Waals surface area (Å²) >= 11 is 3.38. The molecule has 0 fully saturated rings. The van der Waals surface area contributed by atoms with Gasteiger partial charge in [-0.25, -0.2) is 0 Å². The highest BCUT2D eigenvalue weighted by molar-refractivity contribution is 9.10. The summed E-state index contributed by atoms with van der Waals surface area (Å²) in [5.74, 6) is 0.385. The molecule has 0 atom stereocenters. The second-order valence-electron chi connectivity index (χ2n) is 4.77. The van der Waals surface area contributed by atoms with Crippen molar-refractivity contribution in [2.75, 3.05) is 11.9 Å². The number of hydrogen-bond acceptors (Lipinski definition) is 3. The van der Waals surface area contributed by atoms with Gasteiger partial charge >= 0.3 is 0 Å². The van der Waals surface area contributed by atoms with Gasteiger partial charge in [-0.05, 0) is 48.4 Å². The average molecular weight is 359 g/mol. The molecule has 2 aromatic carbocycles. The van der Waals surface area contributed by atoms with E-state index in [2.05, 4.69) is 27.3 Å². The molecule has 0 bridgehead atoms. The summed E-state index contributed by atoms with van der Waals surface area (Å²) in [6.45, 7) is 1.86. The van der Waals surface area contributed by atoms with E-state index in [1.54, 1.807) is 12.1 Å². The summed E-state index contributed by atoms with van der Waals surface area (Å²) < 4.78 is 6.40. The van der Waals surface area contributed by atoms with Gasteiger partial charge in [-0.1, -0.05) is 28.1 Å². The lowest BCUT2D eigenvalue weighted by atomic mass is 10.2. The number of amides is 1. The molecule has 112 valence electrons. The molecule has 0 saturated heterocycles. The molecule has 0 aliphatic heterocycles. The Bertz CT molecular complexity index is 706. The van der Waals surface area contributed by atoms with Crippen molar-refractivity contribution >= 4 is 27.5 Å². The number of halogens is 1. The van der Waals surface area contributed by atoms with Gasteiger partial charge in [-0.15, -0.1) is 0 Å². The van der Waals surface area contributed by atoms with Gasteiger partial charge in [0.15, 0.2) is 6.61 Å². The van der Waals surface area contributed by atoms with Gasteiger partial charge in [0, 0.05) is 10.2 Å². The van der Waals surface area contributed by atoms with Gasteiger partial charge in [0.2, 0.25) is 0 Å². The van der Waals surface area contributed by atoms with E-state index in [1.165, 1.54) is 0 Å². The number of nitrogens with one attached hydrogen (secondary N) is 1. The molecule has 4 nitrogen and oxygen atoms in total. The van der Waals surface area contributed by atoms with Gasteiger partial charge < -0.3 is 10.1 Å². The van der Waals surface area contributed by atoms with E-state index >= 15 is 0 Å². The maximum absolute atomic E-state index is 11.9. The molecule has 0 radical (unpaired) electrons. The summed E-state index contributed by atoms with van der Waals surface area (Å²) in [6, 6.07) is 14.9. The van der Waals surface area contributed by atoms with Crippen LogP contribution >= 0.6 is 15.9 Å². The monoisotopic (exact) mass is 358 g/mol. The molecule has 5 heteroatoms. The Morgan fingerprint density at radius 3 is 2.64 bits per heavy atom. The number of hydrogen-bond donors (Lipinski definition) is 1. The molecule has 1 amide bonds. The van der Waals surface area contributed by atoms with E-state index in [9.17, 15) is 4.79 Å². The Hall–Kier alpha value is -2.32. The highest BCUT2D eigenvalue weighted by Gasteiger charge is 2.06. The zero-order valence-corrected chi connectivity index (χ0v) is 13.7. The number of ether oxygens (including phenoxy) is 1. The van der Waals surface area contributed by atoms with Crippen LogP contribution in [0.4, 0.5) is 5.69 Å². The van der Waals surface area contributed by atoms with E-state index in [4.69, 9.17) is 10.00 Å². The first-order valence-electron chi connectivity index (χ1n) is 6.73. The zero-order valence-electron chi connectivity index (χ0n) is 12.1. The van der Waals surface area contributed by atoms with Crippen molar-refractivity contribution < 1.29 is 9.53 Å². The molecule has 0 aliphatic carbocycles. The number of nitriles is 1. The number of carbonyl (C=O) groups excluding carboxylic acids is 1. The van der Waals surface area contributed by atoms with Crippen LogP contribution in [0.2, 0.25) is 0 Å². The Morgan fingerprint density at radius 1 is 1.27 bits per heavy atom. The van der Waals surface area contributed by atoms with E-state index in [0.29, 0.717) is 12.2 Å². The molecule has 0 spiro atoms. The van der Waals surface area contributed by atoms with Crippen molar-refractivity contribution in [3.63, 3.8) is 0 Å². The average Bonchev–Trinajstić information content (AvgIpc) is 2.50. The quantitative estimate of drug-likeness (QED) is 0.882. The molecular weight excluding hydrogens is 344 g/mol. The van der Waals surface area contributed by atoms with Crippen molar-refractivity contribution in [2.45, 2.75) is 13.3 Å². The van der Waals surface area contributed by atoms with Crippen LogP contribution in [0.1, 0.15) is 11.1 Å². The second-order valence-corrected chi connectivity index (χ2v) is 5.69. The lowest BCUT2D eigenvalue weighted by Crippen LogP contribution is -2.20. The van der Waals surface area contributed by atoms with Crippen molar-refractivity contribution in [1.82, 2.24) is 0 Å². The molecule has 0 aliphatic rings. The van der Waals surface area contributed by atoms with Crippen LogP contribution in [0.15, 0.2) is 46.9 Å². The van der Waals surface area contributed by atoms with Gasteiger partial charge in [-0.2, -0.15) is 5.26 Å². The fraction of sp³-hybridized carbons (Fsp3) is 0.176. The third-order valence-corrected chi connectivity index (χ3v) is 3.53. The summed E-state index contributed by atoms with van der Waals surface area (Å²) in [6.07, 6.45) is 0.365. The van der Waals surface area contributed by atoms with E-state index in [1.807, 2.05) is 37.3 Å². The Morgan fingerprint density at radius 2 is 2.00 bits per heavy atom. The molecule has 22 heavy (non-hydrogen) atoms. The lowest BCUT2D eigenvalue weighted by Gasteiger charge is -2.10. The fourth-order valence-corrected chi connectivity index (χ4v) is 2.37. The largest absolute Gasteiger partial charge is 0.484 e. The normalized spacial score (nSPS) is 9.86. The van der Waals surface area contributed by atoms with Crippen LogP contribution in [-0.4, -0.2) is 12.5 Å². The van der Waals surface area contributed by atoms with Crippen molar-refractivity contribution in [1.29, 1.82) is 5.26 Å². The number of rotatable bonds is 5. The second kappa shape index (κ2) is 7.62. The van der Waals surface area contributed by atoms with Crippen LogP contribution in [0, 0.1) is 18.3 Å². The Labute approximate surface area is 137 Å². The van der Waals surface area contributed by atoms with E-state index < -0.39 is 0 Å². The van der Waals surface area contributed by atoms with E-state index in [0.717, 1.165) is 21.3 Å². The molecule has 2 aromatic rings. The minimum absolute atomic E-state index is 0.0624. The topological polar surface area (TPSA) is 62.1 Å². The maximum Gasteiger partial charge on any atom is 0.262 e. The molecule has 0 unspecified atom stereocenters. The molecule has 0 saturated carbocycles. The molecule has 2 rings (SSSR count). The van der Waals surface area contributed by atoms with E-state index in [-0.39, 0.29) is 12.5 Å². The number of anilines is 1. The maximum atomic E-state index is 11.9. The summed E-state index contributed by atoms with van der Waals surface area (Å²) in [4.78, 5) is 11.9. The minimum Gasteiger partial charge on any atom is -0.484 e. The van der Waals surface area contributed by atoms with Gasteiger partial charge in [0.1, 0.15) is 5.75 Å².